The van der Waals surface area contributed by atoms with Crippen LogP contribution in [-0.2, 0) is 19.3 Å². The average Bonchev–Trinajstić information content (AvgIpc) is 2.89. The molecule has 35 heavy (non-hydrogen) atoms. The molecule has 4 bridgehead atoms. The minimum absolute atomic E-state index is 0.0268. The molecule has 5 saturated carbocycles. The molecule has 5 fully saturated rings. The SMILES string of the molecule is COC1(OO[C@H]2CC[C@@H](c3ccc(OCCCNC(=O)CN)cc3)CC2)C2CC3CC(C2)CC1C3. The van der Waals surface area contributed by atoms with Crippen molar-refractivity contribution in [1.29, 1.82) is 0 Å². The summed E-state index contributed by atoms with van der Waals surface area (Å²) in [7, 11) is 1.82. The van der Waals surface area contributed by atoms with Gasteiger partial charge in [0.15, 0.2) is 0 Å². The molecule has 7 nitrogen and oxygen atoms in total. The number of methoxy groups -OCH3 is 1. The van der Waals surface area contributed by atoms with E-state index < -0.39 is 5.79 Å². The lowest BCUT2D eigenvalue weighted by molar-refractivity contribution is -0.485. The Morgan fingerprint density at radius 2 is 1.66 bits per heavy atom. The van der Waals surface area contributed by atoms with Gasteiger partial charge in [-0.25, -0.2) is 9.78 Å². The molecule has 0 heterocycles. The number of rotatable bonds is 11. The Hall–Kier alpha value is -1.67. The molecular weight excluding hydrogens is 444 g/mol. The van der Waals surface area contributed by atoms with Gasteiger partial charge in [-0.3, -0.25) is 4.79 Å². The summed E-state index contributed by atoms with van der Waals surface area (Å²) in [4.78, 5) is 23.5. The van der Waals surface area contributed by atoms with Crippen molar-refractivity contribution < 1.29 is 24.0 Å². The van der Waals surface area contributed by atoms with Crippen molar-refractivity contribution in [3.8, 4) is 5.75 Å². The average molecular weight is 487 g/mol. The molecule has 5 aliphatic carbocycles. The van der Waals surface area contributed by atoms with Crippen molar-refractivity contribution in [1.82, 2.24) is 5.32 Å². The van der Waals surface area contributed by atoms with Crippen molar-refractivity contribution in [2.75, 3.05) is 26.8 Å². The summed E-state index contributed by atoms with van der Waals surface area (Å²) >= 11 is 0. The quantitative estimate of drug-likeness (QED) is 0.210. The predicted molar refractivity (Wildman–Crippen MR) is 133 cm³/mol. The van der Waals surface area contributed by atoms with Crippen LogP contribution in [0.4, 0.5) is 0 Å². The minimum atomic E-state index is -0.518. The monoisotopic (exact) mass is 486 g/mol. The lowest BCUT2D eigenvalue weighted by Crippen LogP contribution is -2.60. The Labute approximate surface area is 209 Å². The fraction of sp³-hybridized carbons (Fsp3) is 0.750. The van der Waals surface area contributed by atoms with Crippen LogP contribution in [-0.4, -0.2) is 44.6 Å². The predicted octanol–water partition coefficient (Wildman–Crippen LogP) is 4.30. The number of nitrogens with two attached hydrogens (primary N) is 1. The molecule has 0 radical (unpaired) electrons. The van der Waals surface area contributed by atoms with Crippen molar-refractivity contribution in [3.05, 3.63) is 29.8 Å². The fourth-order valence-corrected chi connectivity index (χ4v) is 7.38. The Balaban J connectivity index is 1.04. The van der Waals surface area contributed by atoms with Gasteiger partial charge in [0.1, 0.15) is 5.75 Å². The van der Waals surface area contributed by atoms with E-state index in [0.29, 0.717) is 30.9 Å². The van der Waals surface area contributed by atoms with E-state index in [2.05, 4.69) is 17.4 Å². The number of hydrogen-bond donors (Lipinski definition) is 2. The van der Waals surface area contributed by atoms with E-state index >= 15 is 0 Å². The van der Waals surface area contributed by atoms with E-state index in [1.807, 2.05) is 19.2 Å². The number of amides is 1. The number of ether oxygens (including phenoxy) is 2. The molecule has 6 rings (SSSR count). The Kier molecular flexibility index (Phi) is 7.97. The van der Waals surface area contributed by atoms with Crippen LogP contribution in [0.3, 0.4) is 0 Å². The van der Waals surface area contributed by atoms with Crippen LogP contribution in [0.15, 0.2) is 24.3 Å². The van der Waals surface area contributed by atoms with E-state index in [1.54, 1.807) is 0 Å². The highest BCUT2D eigenvalue weighted by Crippen LogP contribution is 2.60. The maximum atomic E-state index is 11.1. The second kappa shape index (κ2) is 11.2. The van der Waals surface area contributed by atoms with Gasteiger partial charge >= 0.3 is 0 Å². The largest absolute Gasteiger partial charge is 0.494 e. The van der Waals surface area contributed by atoms with Crippen LogP contribution >= 0.6 is 0 Å². The number of benzene rings is 1. The van der Waals surface area contributed by atoms with Gasteiger partial charge in [-0.05, 0) is 99.7 Å². The minimum Gasteiger partial charge on any atom is -0.494 e. The number of carbonyl (C=O) groups excluding carboxylic acids is 1. The third-order valence-corrected chi connectivity index (χ3v) is 9.03. The lowest BCUT2D eigenvalue weighted by Gasteiger charge is -2.58. The highest BCUT2D eigenvalue weighted by Gasteiger charge is 2.60. The first-order valence-corrected chi connectivity index (χ1v) is 13.7. The van der Waals surface area contributed by atoms with E-state index in [1.165, 1.54) is 37.7 Å². The summed E-state index contributed by atoms with van der Waals surface area (Å²) in [5.74, 6) is 3.50. The summed E-state index contributed by atoms with van der Waals surface area (Å²) in [6.07, 6.45) is 11.5. The lowest BCUT2D eigenvalue weighted by atomic mass is 9.53. The van der Waals surface area contributed by atoms with Crippen LogP contribution in [0.5, 0.6) is 5.75 Å². The van der Waals surface area contributed by atoms with E-state index in [-0.39, 0.29) is 18.6 Å². The van der Waals surface area contributed by atoms with E-state index in [9.17, 15) is 4.79 Å². The molecule has 1 aromatic carbocycles. The second-order valence-corrected chi connectivity index (χ2v) is 11.2. The van der Waals surface area contributed by atoms with Crippen LogP contribution in [0.2, 0.25) is 0 Å². The molecule has 0 saturated heterocycles. The number of carbonyl (C=O) groups is 1. The third kappa shape index (κ3) is 5.53. The van der Waals surface area contributed by atoms with Crippen molar-refractivity contribution in [3.63, 3.8) is 0 Å². The van der Waals surface area contributed by atoms with Gasteiger partial charge in [0.25, 0.3) is 0 Å². The topological polar surface area (TPSA) is 92.0 Å². The van der Waals surface area contributed by atoms with Crippen molar-refractivity contribution in [2.24, 2.45) is 29.4 Å². The Bertz CT molecular complexity index is 808. The standard InChI is InChI=1S/C28H42N2O5/c1-32-28(23-14-19-13-20(16-23)17-24(28)15-19)35-34-26-9-5-22(6-10-26)21-3-7-25(8-4-21)33-12-2-11-30-27(31)18-29/h3-4,7-8,19-20,22-24,26H,2,5-6,9-18,29H2,1H3,(H,30,31)/t19?,20?,22-,23?,24?,26+,28?. The van der Waals surface area contributed by atoms with Crippen LogP contribution in [0.25, 0.3) is 0 Å². The van der Waals surface area contributed by atoms with E-state index in [4.69, 9.17) is 25.0 Å². The van der Waals surface area contributed by atoms with Crippen LogP contribution in [0.1, 0.15) is 75.7 Å². The maximum Gasteiger partial charge on any atom is 0.233 e. The molecular formula is C28H42N2O5. The number of nitrogens with one attached hydrogen (secondary N) is 1. The summed E-state index contributed by atoms with van der Waals surface area (Å²) < 4.78 is 11.9. The second-order valence-electron chi connectivity index (χ2n) is 11.2. The van der Waals surface area contributed by atoms with Gasteiger partial charge < -0.3 is 20.5 Å². The summed E-state index contributed by atoms with van der Waals surface area (Å²) in [6, 6.07) is 8.47. The molecule has 0 spiro atoms. The van der Waals surface area contributed by atoms with Crippen LogP contribution in [0, 0.1) is 23.7 Å². The number of hydrogen-bond acceptors (Lipinski definition) is 6. The highest BCUT2D eigenvalue weighted by molar-refractivity contribution is 5.77. The van der Waals surface area contributed by atoms with Crippen LogP contribution < -0.4 is 15.8 Å². The first-order chi connectivity index (χ1) is 17.1. The van der Waals surface area contributed by atoms with Gasteiger partial charge in [-0.15, -0.1) is 0 Å². The molecule has 1 aromatic rings. The molecule has 7 heteroatoms. The summed E-state index contributed by atoms with van der Waals surface area (Å²) in [5, 5.41) is 2.75. The summed E-state index contributed by atoms with van der Waals surface area (Å²) in [6.45, 7) is 1.18. The Morgan fingerprint density at radius 3 is 2.26 bits per heavy atom. The van der Waals surface area contributed by atoms with Gasteiger partial charge in [0.2, 0.25) is 11.7 Å². The first-order valence-electron chi connectivity index (χ1n) is 13.7. The van der Waals surface area contributed by atoms with E-state index in [0.717, 1.165) is 49.7 Å². The zero-order valence-corrected chi connectivity index (χ0v) is 21.1. The molecule has 0 atom stereocenters. The molecule has 0 unspecified atom stereocenters. The molecule has 3 N–H and O–H groups in total. The third-order valence-electron chi connectivity index (χ3n) is 9.03. The zero-order chi connectivity index (χ0) is 24.3. The summed E-state index contributed by atoms with van der Waals surface area (Å²) in [5.41, 5.74) is 6.64. The molecule has 1 amide bonds. The zero-order valence-electron chi connectivity index (χ0n) is 21.1. The molecule has 194 valence electrons. The molecule has 0 aromatic heterocycles. The van der Waals surface area contributed by atoms with Gasteiger partial charge in [0.05, 0.1) is 19.3 Å². The molecule has 0 aliphatic heterocycles. The van der Waals surface area contributed by atoms with Crippen molar-refractivity contribution >= 4 is 5.91 Å². The smallest absolute Gasteiger partial charge is 0.233 e. The fourth-order valence-electron chi connectivity index (χ4n) is 7.38. The maximum absolute atomic E-state index is 11.1. The normalized spacial score (nSPS) is 35.7. The highest BCUT2D eigenvalue weighted by atomic mass is 17.2. The van der Waals surface area contributed by atoms with Crippen molar-refractivity contribution in [2.45, 2.75) is 82.0 Å². The first kappa shape index (κ1) is 25.0. The Morgan fingerprint density at radius 1 is 1.00 bits per heavy atom. The van der Waals surface area contributed by atoms with Gasteiger partial charge in [0, 0.05) is 25.5 Å². The van der Waals surface area contributed by atoms with Gasteiger partial charge in [-0.2, -0.15) is 0 Å². The molecule has 5 aliphatic rings. The van der Waals surface area contributed by atoms with Gasteiger partial charge in [-0.1, -0.05) is 12.1 Å².